The number of allylic oxidation sites excluding steroid dienone is 3. The zero-order valence-electron chi connectivity index (χ0n) is 10.7. The lowest BCUT2D eigenvalue weighted by molar-refractivity contribution is 1.09. The van der Waals surface area contributed by atoms with E-state index in [0.29, 0.717) is 0 Å². The van der Waals surface area contributed by atoms with Gasteiger partial charge in [0.25, 0.3) is 0 Å². The van der Waals surface area contributed by atoms with Gasteiger partial charge >= 0.3 is 0 Å². The van der Waals surface area contributed by atoms with Gasteiger partial charge in [0.1, 0.15) is 0 Å². The van der Waals surface area contributed by atoms with Crippen molar-refractivity contribution in [3.63, 3.8) is 0 Å². The van der Waals surface area contributed by atoms with Crippen LogP contribution < -0.4 is 5.32 Å². The molecule has 1 heteroatoms. The first-order valence-corrected chi connectivity index (χ1v) is 5.70. The summed E-state index contributed by atoms with van der Waals surface area (Å²) in [5, 5.41) is 2.98. The van der Waals surface area contributed by atoms with Crippen molar-refractivity contribution in [1.29, 1.82) is 0 Å². The van der Waals surface area contributed by atoms with Gasteiger partial charge in [0.15, 0.2) is 0 Å². The molecule has 0 saturated carbocycles. The van der Waals surface area contributed by atoms with E-state index in [9.17, 15) is 0 Å². The molecule has 0 aliphatic heterocycles. The Labute approximate surface area is 98.9 Å². The molecule has 0 atom stereocenters. The number of rotatable bonds is 4. The van der Waals surface area contributed by atoms with Gasteiger partial charge in [0, 0.05) is 7.05 Å². The molecule has 0 fully saturated rings. The molecule has 0 radical (unpaired) electrons. The van der Waals surface area contributed by atoms with Gasteiger partial charge in [0.05, 0.1) is 0 Å². The van der Waals surface area contributed by atoms with Crippen molar-refractivity contribution in [1.82, 2.24) is 5.32 Å². The van der Waals surface area contributed by atoms with Gasteiger partial charge in [-0.1, -0.05) is 29.8 Å². The van der Waals surface area contributed by atoms with E-state index < -0.39 is 0 Å². The monoisotopic (exact) mass is 215 g/mol. The molecule has 1 aromatic rings. The van der Waals surface area contributed by atoms with Crippen molar-refractivity contribution in [3.05, 3.63) is 58.8 Å². The molecule has 86 valence electrons. The molecule has 0 bridgehead atoms. The van der Waals surface area contributed by atoms with E-state index in [1.807, 2.05) is 19.3 Å². The van der Waals surface area contributed by atoms with Crippen molar-refractivity contribution < 1.29 is 0 Å². The number of benzene rings is 1. The third kappa shape index (κ3) is 3.58. The van der Waals surface area contributed by atoms with Crippen molar-refractivity contribution >= 4 is 0 Å². The molecule has 0 saturated heterocycles. The van der Waals surface area contributed by atoms with E-state index >= 15 is 0 Å². The van der Waals surface area contributed by atoms with E-state index in [1.165, 1.54) is 22.3 Å². The average molecular weight is 215 g/mol. The van der Waals surface area contributed by atoms with Crippen molar-refractivity contribution in [3.8, 4) is 0 Å². The second-order valence-electron chi connectivity index (χ2n) is 4.20. The van der Waals surface area contributed by atoms with Crippen LogP contribution in [0.15, 0.2) is 42.1 Å². The maximum Gasteiger partial charge on any atom is 0.00277 e. The molecule has 0 spiro atoms. The predicted octanol–water partition coefficient (Wildman–Crippen LogP) is 3.53. The molecular weight excluding hydrogens is 194 g/mol. The Balaban J connectivity index is 2.77. The van der Waals surface area contributed by atoms with Crippen LogP contribution in [0.25, 0.3) is 0 Å². The molecule has 1 N–H and O–H groups in total. The van der Waals surface area contributed by atoms with Crippen LogP contribution in [0.2, 0.25) is 0 Å². The highest BCUT2D eigenvalue weighted by atomic mass is 14.8. The van der Waals surface area contributed by atoms with E-state index in [1.54, 1.807) is 0 Å². The highest BCUT2D eigenvalue weighted by molar-refractivity contribution is 5.35. The summed E-state index contributed by atoms with van der Waals surface area (Å²) in [5.74, 6) is 0. The summed E-state index contributed by atoms with van der Waals surface area (Å²) in [5.41, 5.74) is 5.58. The summed E-state index contributed by atoms with van der Waals surface area (Å²) < 4.78 is 0. The Morgan fingerprint density at radius 2 is 2.06 bits per heavy atom. The summed E-state index contributed by atoms with van der Waals surface area (Å²) in [6.45, 7) is 6.53. The average Bonchev–Trinajstić information content (AvgIpc) is 2.25. The Kier molecular flexibility index (Phi) is 4.84. The molecule has 0 aromatic heterocycles. The van der Waals surface area contributed by atoms with E-state index in [2.05, 4.69) is 50.4 Å². The molecule has 1 nitrogen and oxygen atoms in total. The third-order valence-corrected chi connectivity index (χ3v) is 2.83. The van der Waals surface area contributed by atoms with Gasteiger partial charge in [-0.3, -0.25) is 0 Å². The maximum atomic E-state index is 2.98. The molecule has 0 aliphatic carbocycles. The minimum Gasteiger partial charge on any atom is -0.394 e. The van der Waals surface area contributed by atoms with Gasteiger partial charge in [-0.15, -0.1) is 0 Å². The van der Waals surface area contributed by atoms with Gasteiger partial charge in [-0.2, -0.15) is 0 Å². The first kappa shape index (κ1) is 12.6. The lowest BCUT2D eigenvalue weighted by atomic mass is 9.98. The fourth-order valence-corrected chi connectivity index (χ4v) is 1.67. The van der Waals surface area contributed by atoms with Gasteiger partial charge in [0.2, 0.25) is 0 Å². The summed E-state index contributed by atoms with van der Waals surface area (Å²) >= 11 is 0. The van der Waals surface area contributed by atoms with E-state index in [0.717, 1.165) is 6.42 Å². The zero-order chi connectivity index (χ0) is 12.0. The summed E-state index contributed by atoms with van der Waals surface area (Å²) in [6, 6.07) is 6.51. The first-order valence-electron chi connectivity index (χ1n) is 5.70. The summed E-state index contributed by atoms with van der Waals surface area (Å²) in [4.78, 5) is 0. The normalized spacial score (nSPS) is 12.1. The minimum atomic E-state index is 1.03. The van der Waals surface area contributed by atoms with Crippen molar-refractivity contribution in [2.45, 2.75) is 27.2 Å². The molecule has 0 heterocycles. The van der Waals surface area contributed by atoms with Crippen LogP contribution in [0.1, 0.15) is 23.6 Å². The molecule has 0 aliphatic rings. The van der Waals surface area contributed by atoms with Crippen molar-refractivity contribution in [2.24, 2.45) is 0 Å². The number of aryl methyl sites for hydroxylation is 1. The van der Waals surface area contributed by atoms with Crippen LogP contribution in [0.3, 0.4) is 0 Å². The largest absolute Gasteiger partial charge is 0.394 e. The Morgan fingerprint density at radius 3 is 2.75 bits per heavy atom. The van der Waals surface area contributed by atoms with E-state index in [-0.39, 0.29) is 0 Å². The first-order chi connectivity index (χ1) is 7.65. The molecule has 0 amide bonds. The fraction of sp³-hybridized carbons (Fsp3) is 0.333. The quantitative estimate of drug-likeness (QED) is 0.758. The van der Waals surface area contributed by atoms with Gasteiger partial charge in [-0.25, -0.2) is 0 Å². The molecule has 1 rings (SSSR count). The zero-order valence-corrected chi connectivity index (χ0v) is 10.7. The topological polar surface area (TPSA) is 12.0 Å². The standard InChI is InChI=1S/C15H21N/c1-12(7-6-10-16-4)11-15-9-5-8-13(2)14(15)3/h5-10,16H,11H2,1-4H3/b10-6-,12-7+. The van der Waals surface area contributed by atoms with Crippen LogP contribution >= 0.6 is 0 Å². The molecular formula is C15H21N. The Bertz CT molecular complexity index is 400. The van der Waals surface area contributed by atoms with E-state index in [4.69, 9.17) is 0 Å². The highest BCUT2D eigenvalue weighted by Crippen LogP contribution is 2.16. The Hall–Kier alpha value is -1.50. The lowest BCUT2D eigenvalue weighted by Crippen LogP contribution is -1.93. The maximum absolute atomic E-state index is 2.98. The van der Waals surface area contributed by atoms with Crippen molar-refractivity contribution in [2.75, 3.05) is 7.05 Å². The molecule has 0 unspecified atom stereocenters. The molecule has 16 heavy (non-hydrogen) atoms. The smallest absolute Gasteiger partial charge is 0.00277 e. The lowest BCUT2D eigenvalue weighted by Gasteiger charge is -2.08. The summed E-state index contributed by atoms with van der Waals surface area (Å²) in [7, 11) is 1.91. The van der Waals surface area contributed by atoms with Crippen LogP contribution in [0.4, 0.5) is 0 Å². The summed E-state index contributed by atoms with van der Waals surface area (Å²) in [6.07, 6.45) is 7.16. The third-order valence-electron chi connectivity index (χ3n) is 2.83. The van der Waals surface area contributed by atoms with Crippen LogP contribution in [-0.4, -0.2) is 7.05 Å². The van der Waals surface area contributed by atoms with Crippen LogP contribution in [0, 0.1) is 13.8 Å². The van der Waals surface area contributed by atoms with Crippen LogP contribution in [0.5, 0.6) is 0 Å². The number of hydrogen-bond donors (Lipinski definition) is 1. The second-order valence-corrected chi connectivity index (χ2v) is 4.20. The minimum absolute atomic E-state index is 1.03. The molecule has 1 aromatic carbocycles. The van der Waals surface area contributed by atoms with Gasteiger partial charge in [-0.05, 0) is 56.2 Å². The SMILES string of the molecule is CN/C=C\C=C(/C)Cc1cccc(C)c1C. The van der Waals surface area contributed by atoms with Gasteiger partial charge < -0.3 is 5.32 Å². The predicted molar refractivity (Wildman–Crippen MR) is 71.6 cm³/mol. The number of nitrogens with one attached hydrogen (secondary N) is 1. The second kappa shape index (κ2) is 6.16. The fourth-order valence-electron chi connectivity index (χ4n) is 1.67. The van der Waals surface area contributed by atoms with Crippen LogP contribution in [-0.2, 0) is 6.42 Å². The number of hydrogen-bond acceptors (Lipinski definition) is 1. The highest BCUT2D eigenvalue weighted by Gasteiger charge is 2.00. The Morgan fingerprint density at radius 1 is 1.31 bits per heavy atom.